The minimum atomic E-state index is -4.39. The molecule has 0 aliphatic heterocycles. The van der Waals surface area contributed by atoms with Gasteiger partial charge in [-0.1, -0.05) is 382 Å². The lowest BCUT2D eigenvalue weighted by atomic mass is 10.0. The van der Waals surface area contributed by atoms with E-state index in [1.165, 1.54) is 276 Å². The number of hydrogen-bond donors (Lipinski definition) is 2. The molecule has 0 radical (unpaired) electrons. The maximum atomic E-state index is 12.8. The molecule has 0 saturated heterocycles. The molecule has 2 atom stereocenters. The third-order valence-electron chi connectivity index (χ3n) is 17.1. The van der Waals surface area contributed by atoms with Crippen molar-refractivity contribution in [2.45, 2.75) is 392 Å². The van der Waals surface area contributed by atoms with Gasteiger partial charge in [0.05, 0.1) is 13.2 Å². The zero-order valence-corrected chi connectivity index (χ0v) is 59.6. The number of phosphoric ester groups is 1. The lowest BCUT2D eigenvalue weighted by Crippen LogP contribution is -2.29. The van der Waals surface area contributed by atoms with Crippen LogP contribution in [0.3, 0.4) is 0 Å². The van der Waals surface area contributed by atoms with Gasteiger partial charge in [0.15, 0.2) is 6.10 Å². The van der Waals surface area contributed by atoms with E-state index >= 15 is 0 Å². The van der Waals surface area contributed by atoms with E-state index in [1.807, 2.05) is 0 Å². The molecule has 0 spiro atoms. The molecule has 0 aromatic heterocycles. The molecule has 0 rings (SSSR count). The largest absolute Gasteiger partial charge is 0.472 e. The summed E-state index contributed by atoms with van der Waals surface area (Å²) in [5.74, 6) is -0.806. The Morgan fingerprint density at radius 2 is 0.618 bits per heavy atom. The van der Waals surface area contributed by atoms with Crippen molar-refractivity contribution in [2.75, 3.05) is 26.4 Å². The molecule has 0 fully saturated rings. The highest BCUT2D eigenvalue weighted by atomic mass is 31.2. The number of allylic oxidation sites excluding steroid dienone is 12. The zero-order chi connectivity index (χ0) is 64.4. The molecule has 10 heteroatoms. The fourth-order valence-electron chi connectivity index (χ4n) is 11.5. The van der Waals surface area contributed by atoms with Gasteiger partial charge >= 0.3 is 19.8 Å². The van der Waals surface area contributed by atoms with Crippen LogP contribution >= 0.6 is 7.82 Å². The Bertz CT molecular complexity index is 1690. The molecule has 0 aliphatic carbocycles. The minimum Gasteiger partial charge on any atom is -0.462 e. The second-order valence-electron chi connectivity index (χ2n) is 25.9. The maximum absolute atomic E-state index is 12.8. The number of nitrogens with two attached hydrogens (primary N) is 1. The second kappa shape index (κ2) is 74.5. The topological polar surface area (TPSA) is 134 Å². The average molecular weight is 1270 g/mol. The summed E-state index contributed by atoms with van der Waals surface area (Å²) in [4.78, 5) is 35.4. The number of carbonyl (C=O) groups is 2. The van der Waals surface area contributed by atoms with Crippen molar-refractivity contribution >= 4 is 19.8 Å². The second-order valence-corrected chi connectivity index (χ2v) is 27.3. The number of phosphoric acid groups is 1. The predicted molar refractivity (Wildman–Crippen MR) is 386 cm³/mol. The SMILES string of the molecule is CC/C=C\C/C=C\C/C=C\C/C=C\C/C=C\C/C=C\CCCCCCCCCCCCCCCCCCCCC(=O)OC(COC(=O)CCCCCCCCCCCCCCCCCCCCCCCCCCCCCCCCC)COP(=O)(O)OCCN. The van der Waals surface area contributed by atoms with E-state index in [9.17, 15) is 19.0 Å². The fraction of sp³-hybridized carbons (Fsp3) is 0.823. The number of rotatable bonds is 73. The first-order valence-corrected chi connectivity index (χ1v) is 39.9. The maximum Gasteiger partial charge on any atom is 0.472 e. The molecule has 520 valence electrons. The van der Waals surface area contributed by atoms with E-state index in [4.69, 9.17) is 24.3 Å². The first-order chi connectivity index (χ1) is 43.8. The summed E-state index contributed by atoms with van der Waals surface area (Å²) in [6.07, 6.45) is 98.9. The van der Waals surface area contributed by atoms with Crippen LogP contribution in [0.2, 0.25) is 0 Å². The van der Waals surface area contributed by atoms with Gasteiger partial charge < -0.3 is 20.1 Å². The average Bonchev–Trinajstić information content (AvgIpc) is 3.68. The van der Waals surface area contributed by atoms with E-state index < -0.39 is 26.5 Å². The van der Waals surface area contributed by atoms with E-state index in [0.717, 1.165) is 77.0 Å². The van der Waals surface area contributed by atoms with Gasteiger partial charge in [0.2, 0.25) is 0 Å². The minimum absolute atomic E-state index is 0.0546. The number of hydrogen-bond acceptors (Lipinski definition) is 8. The molecular weight excluding hydrogens is 1120 g/mol. The molecule has 0 aromatic carbocycles. The standard InChI is InChI=1S/C79H146NO8P/c1-3-5-7-9-11-13-15-17-19-21-23-25-27-29-31-33-35-36-37-38-39-40-42-44-46-48-50-52-54-56-58-60-62-64-66-68-70-72-79(82)88-77(76-87-89(83,84)86-74-73-80)75-85-78(81)71-69-67-65-63-61-59-57-55-53-51-49-47-45-43-41-34-32-30-28-26-24-22-20-18-16-14-12-10-8-6-4-2/h5,7,11,13,17,19,23,25,29,31,35-36,77H,3-4,6,8-10,12,14-16,18,20-22,24,26-28,30,32-34,37-76,80H2,1-2H3,(H,83,84)/b7-5-,13-11-,19-17-,25-23-,31-29-,36-35-. The first kappa shape index (κ1) is 86.5. The van der Waals surface area contributed by atoms with Gasteiger partial charge in [0.1, 0.15) is 6.61 Å². The third kappa shape index (κ3) is 74.4. The summed E-state index contributed by atoms with van der Waals surface area (Å²) < 4.78 is 33.3. The van der Waals surface area contributed by atoms with Gasteiger partial charge in [-0.05, 0) is 64.2 Å². The van der Waals surface area contributed by atoms with Crippen molar-refractivity contribution < 1.29 is 37.6 Å². The summed E-state index contributed by atoms with van der Waals surface area (Å²) in [6, 6.07) is 0. The molecule has 2 unspecified atom stereocenters. The number of unbranched alkanes of at least 4 members (excludes halogenated alkanes) is 48. The van der Waals surface area contributed by atoms with Gasteiger partial charge in [-0.25, -0.2) is 4.57 Å². The molecule has 9 nitrogen and oxygen atoms in total. The van der Waals surface area contributed by atoms with Crippen molar-refractivity contribution in [3.8, 4) is 0 Å². The van der Waals surface area contributed by atoms with E-state index in [1.54, 1.807) is 0 Å². The normalized spacial score (nSPS) is 13.3. The molecule has 0 amide bonds. The van der Waals surface area contributed by atoms with Crippen molar-refractivity contribution in [1.82, 2.24) is 0 Å². The third-order valence-corrected chi connectivity index (χ3v) is 18.1. The Kier molecular flexibility index (Phi) is 72.4. The van der Waals surface area contributed by atoms with Crippen LogP contribution in [-0.4, -0.2) is 49.3 Å². The summed E-state index contributed by atoms with van der Waals surface area (Å²) in [6.45, 7) is 3.70. The van der Waals surface area contributed by atoms with Crippen LogP contribution in [0.25, 0.3) is 0 Å². The van der Waals surface area contributed by atoms with Crippen LogP contribution in [0.5, 0.6) is 0 Å². The van der Waals surface area contributed by atoms with Crippen LogP contribution in [0.4, 0.5) is 0 Å². The Labute approximate surface area is 552 Å². The lowest BCUT2D eigenvalue weighted by molar-refractivity contribution is -0.161. The highest BCUT2D eigenvalue weighted by Crippen LogP contribution is 2.43. The summed E-state index contributed by atoms with van der Waals surface area (Å²) in [5.41, 5.74) is 5.41. The Hall–Kier alpha value is -2.55. The summed E-state index contributed by atoms with van der Waals surface area (Å²) in [7, 11) is -4.39. The van der Waals surface area contributed by atoms with Crippen LogP contribution < -0.4 is 5.73 Å². The van der Waals surface area contributed by atoms with Crippen molar-refractivity contribution in [3.63, 3.8) is 0 Å². The van der Waals surface area contributed by atoms with Gasteiger partial charge in [0, 0.05) is 19.4 Å². The highest BCUT2D eigenvalue weighted by Gasteiger charge is 2.26. The Morgan fingerprint density at radius 3 is 0.921 bits per heavy atom. The van der Waals surface area contributed by atoms with Gasteiger partial charge in [-0.15, -0.1) is 0 Å². The predicted octanol–water partition coefficient (Wildman–Crippen LogP) is 25.5. The molecule has 0 aromatic rings. The molecular formula is C79H146NO8P. The summed E-state index contributed by atoms with van der Waals surface area (Å²) in [5, 5.41) is 0. The van der Waals surface area contributed by atoms with Crippen LogP contribution in [0, 0.1) is 0 Å². The number of esters is 2. The monoisotopic (exact) mass is 1270 g/mol. The molecule has 0 aliphatic rings. The summed E-state index contributed by atoms with van der Waals surface area (Å²) >= 11 is 0. The van der Waals surface area contributed by atoms with Crippen LogP contribution in [0.15, 0.2) is 72.9 Å². The van der Waals surface area contributed by atoms with Gasteiger partial charge in [-0.3, -0.25) is 18.6 Å². The van der Waals surface area contributed by atoms with Crippen LogP contribution in [-0.2, 0) is 32.7 Å². The first-order valence-electron chi connectivity index (χ1n) is 38.4. The van der Waals surface area contributed by atoms with E-state index in [2.05, 4.69) is 86.8 Å². The van der Waals surface area contributed by atoms with Crippen molar-refractivity contribution in [2.24, 2.45) is 5.73 Å². The fourth-order valence-corrected chi connectivity index (χ4v) is 12.2. The quantitative estimate of drug-likeness (QED) is 0.0264. The Balaban J connectivity index is 3.80. The Morgan fingerprint density at radius 1 is 0.348 bits per heavy atom. The van der Waals surface area contributed by atoms with Crippen molar-refractivity contribution in [1.29, 1.82) is 0 Å². The molecule has 0 heterocycles. The van der Waals surface area contributed by atoms with Crippen molar-refractivity contribution in [3.05, 3.63) is 72.9 Å². The van der Waals surface area contributed by atoms with Crippen LogP contribution in [0.1, 0.15) is 386 Å². The van der Waals surface area contributed by atoms with Gasteiger partial charge in [0.25, 0.3) is 0 Å². The lowest BCUT2D eigenvalue weighted by Gasteiger charge is -2.19. The number of carbonyl (C=O) groups excluding carboxylic acids is 2. The molecule has 89 heavy (non-hydrogen) atoms. The van der Waals surface area contributed by atoms with Gasteiger partial charge in [-0.2, -0.15) is 0 Å². The molecule has 0 saturated carbocycles. The zero-order valence-electron chi connectivity index (χ0n) is 58.7. The highest BCUT2D eigenvalue weighted by molar-refractivity contribution is 7.47. The number of ether oxygens (including phenoxy) is 2. The smallest absolute Gasteiger partial charge is 0.462 e. The van der Waals surface area contributed by atoms with E-state index in [-0.39, 0.29) is 38.6 Å². The van der Waals surface area contributed by atoms with E-state index in [0.29, 0.717) is 6.42 Å². The molecule has 3 N–H and O–H groups in total. The molecule has 0 bridgehead atoms.